The Morgan fingerprint density at radius 2 is 2.06 bits per heavy atom. The summed E-state index contributed by atoms with van der Waals surface area (Å²) in [6, 6.07) is 3.35. The minimum absolute atomic E-state index is 0.0870. The molecule has 2 atom stereocenters. The van der Waals surface area contributed by atoms with E-state index in [-0.39, 0.29) is 5.02 Å². The van der Waals surface area contributed by atoms with Gasteiger partial charge in [-0.25, -0.2) is 4.39 Å². The normalized spacial score (nSPS) is 25.1. The molecule has 0 saturated carbocycles. The van der Waals surface area contributed by atoms with E-state index in [1.165, 1.54) is 18.6 Å². The molecule has 1 aliphatic rings. The molecular formula is C13H18ClFN2. The number of piperidine rings is 1. The molecule has 2 rings (SSSR count). The van der Waals surface area contributed by atoms with Crippen LogP contribution in [0.2, 0.25) is 5.02 Å². The first-order chi connectivity index (χ1) is 7.99. The highest BCUT2D eigenvalue weighted by atomic mass is 35.5. The fourth-order valence-electron chi connectivity index (χ4n) is 2.42. The van der Waals surface area contributed by atoms with Gasteiger partial charge in [0.05, 0.1) is 16.4 Å². The Hall–Kier alpha value is -0.960. The molecule has 0 aromatic heterocycles. The van der Waals surface area contributed by atoms with Crippen LogP contribution in [0.3, 0.4) is 0 Å². The molecule has 0 bridgehead atoms. The Bertz CT molecular complexity index is 422. The number of anilines is 2. The molecule has 1 fully saturated rings. The molecule has 0 aliphatic carbocycles. The van der Waals surface area contributed by atoms with E-state index in [4.69, 9.17) is 17.3 Å². The van der Waals surface area contributed by atoms with Crippen molar-refractivity contribution in [2.45, 2.75) is 32.7 Å². The largest absolute Gasteiger partial charge is 0.397 e. The summed E-state index contributed by atoms with van der Waals surface area (Å²) in [7, 11) is 0. The van der Waals surface area contributed by atoms with Gasteiger partial charge in [-0.05, 0) is 31.7 Å². The fraction of sp³-hybridized carbons (Fsp3) is 0.538. The van der Waals surface area contributed by atoms with Crippen LogP contribution < -0.4 is 10.6 Å². The molecule has 1 heterocycles. The standard InChI is InChI=1S/C13H18ClFN2/c1-8-3-4-9(2)17(7-8)13-6-11(15)10(14)5-12(13)16/h5-6,8-9H,3-4,7,16H2,1-2H3. The highest BCUT2D eigenvalue weighted by molar-refractivity contribution is 6.31. The minimum Gasteiger partial charge on any atom is -0.397 e. The van der Waals surface area contributed by atoms with Gasteiger partial charge < -0.3 is 10.6 Å². The van der Waals surface area contributed by atoms with Crippen LogP contribution in [0, 0.1) is 11.7 Å². The Morgan fingerprint density at radius 3 is 2.76 bits per heavy atom. The third kappa shape index (κ3) is 2.49. The van der Waals surface area contributed by atoms with Gasteiger partial charge >= 0.3 is 0 Å². The summed E-state index contributed by atoms with van der Waals surface area (Å²) in [5, 5.41) is 0.0870. The number of hydrogen-bond acceptors (Lipinski definition) is 2. The molecule has 17 heavy (non-hydrogen) atoms. The first-order valence-electron chi connectivity index (χ1n) is 6.00. The smallest absolute Gasteiger partial charge is 0.144 e. The van der Waals surface area contributed by atoms with Crippen molar-refractivity contribution < 1.29 is 4.39 Å². The number of nitrogens with two attached hydrogens (primary N) is 1. The zero-order chi connectivity index (χ0) is 12.6. The van der Waals surface area contributed by atoms with Gasteiger partial charge in [-0.2, -0.15) is 0 Å². The second-order valence-corrected chi connectivity index (χ2v) is 5.42. The van der Waals surface area contributed by atoms with Gasteiger partial charge in [-0.15, -0.1) is 0 Å². The molecule has 1 aromatic rings. The first-order valence-corrected chi connectivity index (χ1v) is 6.38. The molecule has 2 N–H and O–H groups in total. The van der Waals surface area contributed by atoms with Crippen molar-refractivity contribution in [3.63, 3.8) is 0 Å². The average Bonchev–Trinajstić information content (AvgIpc) is 2.27. The lowest BCUT2D eigenvalue weighted by atomic mass is 9.94. The Balaban J connectivity index is 2.35. The second kappa shape index (κ2) is 4.73. The van der Waals surface area contributed by atoms with Crippen LogP contribution in [0.5, 0.6) is 0 Å². The van der Waals surface area contributed by atoms with E-state index in [0.717, 1.165) is 18.7 Å². The van der Waals surface area contributed by atoms with Gasteiger partial charge in [0.25, 0.3) is 0 Å². The van der Waals surface area contributed by atoms with Crippen molar-refractivity contribution in [3.8, 4) is 0 Å². The summed E-state index contributed by atoms with van der Waals surface area (Å²) < 4.78 is 13.5. The lowest BCUT2D eigenvalue weighted by Gasteiger charge is -2.39. The number of benzene rings is 1. The maximum Gasteiger partial charge on any atom is 0.144 e. The molecule has 2 unspecified atom stereocenters. The summed E-state index contributed by atoms with van der Waals surface area (Å²) >= 11 is 5.72. The van der Waals surface area contributed by atoms with E-state index in [1.807, 2.05) is 0 Å². The summed E-state index contributed by atoms with van der Waals surface area (Å²) in [6.45, 7) is 5.28. The van der Waals surface area contributed by atoms with E-state index in [2.05, 4.69) is 18.7 Å². The molecule has 0 radical (unpaired) electrons. The molecule has 4 heteroatoms. The molecule has 1 saturated heterocycles. The Labute approximate surface area is 107 Å². The molecule has 0 amide bonds. The van der Waals surface area contributed by atoms with Gasteiger partial charge in [0.1, 0.15) is 5.82 Å². The SMILES string of the molecule is CC1CCC(C)N(c2cc(F)c(Cl)cc2N)C1. The van der Waals surface area contributed by atoms with E-state index in [0.29, 0.717) is 17.6 Å². The molecule has 0 spiro atoms. The predicted molar refractivity (Wildman–Crippen MR) is 71.0 cm³/mol. The summed E-state index contributed by atoms with van der Waals surface area (Å²) in [6.07, 6.45) is 2.33. The average molecular weight is 257 g/mol. The number of nitrogen functional groups attached to an aromatic ring is 1. The lowest BCUT2D eigenvalue weighted by Crippen LogP contribution is -2.41. The summed E-state index contributed by atoms with van der Waals surface area (Å²) in [5.74, 6) is 0.214. The highest BCUT2D eigenvalue weighted by Crippen LogP contribution is 2.34. The third-order valence-corrected chi connectivity index (χ3v) is 3.79. The van der Waals surface area contributed by atoms with Crippen molar-refractivity contribution in [1.82, 2.24) is 0 Å². The predicted octanol–water partition coefficient (Wildman–Crippen LogP) is 3.69. The highest BCUT2D eigenvalue weighted by Gasteiger charge is 2.25. The van der Waals surface area contributed by atoms with Gasteiger partial charge in [-0.1, -0.05) is 18.5 Å². The maximum atomic E-state index is 13.5. The summed E-state index contributed by atoms with van der Waals surface area (Å²) in [5.41, 5.74) is 7.26. The van der Waals surface area contributed by atoms with Crippen LogP contribution in [0.15, 0.2) is 12.1 Å². The van der Waals surface area contributed by atoms with Gasteiger partial charge in [-0.3, -0.25) is 0 Å². The van der Waals surface area contributed by atoms with Crippen molar-refractivity contribution in [2.75, 3.05) is 17.2 Å². The van der Waals surface area contributed by atoms with Crippen molar-refractivity contribution in [1.29, 1.82) is 0 Å². The minimum atomic E-state index is -0.402. The van der Waals surface area contributed by atoms with Crippen LogP contribution in [0.1, 0.15) is 26.7 Å². The van der Waals surface area contributed by atoms with Crippen LogP contribution in [0.4, 0.5) is 15.8 Å². The van der Waals surface area contributed by atoms with Crippen molar-refractivity contribution >= 4 is 23.0 Å². The van der Waals surface area contributed by atoms with Crippen LogP contribution in [0.25, 0.3) is 0 Å². The quantitative estimate of drug-likeness (QED) is 0.777. The van der Waals surface area contributed by atoms with E-state index in [1.54, 1.807) is 0 Å². The number of rotatable bonds is 1. The van der Waals surface area contributed by atoms with Crippen LogP contribution >= 0.6 is 11.6 Å². The number of hydrogen-bond donors (Lipinski definition) is 1. The first kappa shape index (κ1) is 12.5. The zero-order valence-corrected chi connectivity index (χ0v) is 11.0. The molecule has 1 aromatic carbocycles. The van der Waals surface area contributed by atoms with Crippen LogP contribution in [-0.4, -0.2) is 12.6 Å². The lowest BCUT2D eigenvalue weighted by molar-refractivity contribution is 0.390. The third-order valence-electron chi connectivity index (χ3n) is 3.50. The number of halogens is 2. The van der Waals surface area contributed by atoms with E-state index >= 15 is 0 Å². The topological polar surface area (TPSA) is 29.3 Å². The van der Waals surface area contributed by atoms with Gasteiger partial charge in [0.2, 0.25) is 0 Å². The molecule has 94 valence electrons. The van der Waals surface area contributed by atoms with Crippen molar-refractivity contribution in [3.05, 3.63) is 23.0 Å². The maximum absolute atomic E-state index is 13.5. The van der Waals surface area contributed by atoms with Crippen molar-refractivity contribution in [2.24, 2.45) is 5.92 Å². The van der Waals surface area contributed by atoms with Gasteiger partial charge in [0, 0.05) is 18.7 Å². The number of nitrogens with zero attached hydrogens (tertiary/aromatic N) is 1. The van der Waals surface area contributed by atoms with Crippen LogP contribution in [-0.2, 0) is 0 Å². The Morgan fingerprint density at radius 1 is 1.35 bits per heavy atom. The second-order valence-electron chi connectivity index (χ2n) is 5.01. The molecular weight excluding hydrogens is 239 g/mol. The summed E-state index contributed by atoms with van der Waals surface area (Å²) in [4.78, 5) is 2.18. The van der Waals surface area contributed by atoms with E-state index in [9.17, 15) is 4.39 Å². The fourth-order valence-corrected chi connectivity index (χ4v) is 2.60. The monoisotopic (exact) mass is 256 g/mol. The molecule has 1 aliphatic heterocycles. The molecule has 2 nitrogen and oxygen atoms in total. The zero-order valence-electron chi connectivity index (χ0n) is 10.2. The van der Waals surface area contributed by atoms with Gasteiger partial charge in [0.15, 0.2) is 0 Å². The Kier molecular flexibility index (Phi) is 3.48. The van der Waals surface area contributed by atoms with E-state index < -0.39 is 5.82 Å².